The predicted molar refractivity (Wildman–Crippen MR) is 67.4 cm³/mol. The van der Waals surface area contributed by atoms with Gasteiger partial charge in [0.1, 0.15) is 5.82 Å². The maximum Gasteiger partial charge on any atom is 0.129 e. The number of nitrogens with one attached hydrogen (secondary N) is 1. The molecular weight excluding hydrogens is 225 g/mol. The molecule has 0 aromatic heterocycles. The van der Waals surface area contributed by atoms with Crippen LogP contribution in [0.3, 0.4) is 0 Å². The Morgan fingerprint density at radius 3 is 2.62 bits per heavy atom. The monoisotopic (exact) mass is 243 g/mol. The molecule has 1 atom stereocenters. The number of rotatable bonds is 6. The van der Waals surface area contributed by atoms with Crippen molar-refractivity contribution in [1.82, 2.24) is 5.32 Å². The van der Waals surface area contributed by atoms with Crippen LogP contribution in [0.15, 0.2) is 18.2 Å². The Hall–Kier alpha value is -0.600. The van der Waals surface area contributed by atoms with Crippen LogP contribution >= 0.6 is 11.6 Å². The molecule has 0 bridgehead atoms. The van der Waals surface area contributed by atoms with E-state index in [1.165, 1.54) is 6.07 Å². The standard InChI is InChI=1S/C13H19ClFN/c1-3-5-13(16-8-4-2)11-7-6-10(14)9-12(11)15/h6-7,9,13,16H,3-5,8H2,1-2H3. The van der Waals surface area contributed by atoms with Crippen LogP contribution in [0.5, 0.6) is 0 Å². The molecule has 0 saturated carbocycles. The van der Waals surface area contributed by atoms with Gasteiger partial charge in [0, 0.05) is 16.6 Å². The van der Waals surface area contributed by atoms with Crippen molar-refractivity contribution in [3.05, 3.63) is 34.6 Å². The van der Waals surface area contributed by atoms with Gasteiger partial charge in [-0.05, 0) is 31.5 Å². The second kappa shape index (κ2) is 6.87. The molecule has 0 fully saturated rings. The van der Waals surface area contributed by atoms with Crippen molar-refractivity contribution in [2.75, 3.05) is 6.54 Å². The summed E-state index contributed by atoms with van der Waals surface area (Å²) in [5.74, 6) is -0.213. The van der Waals surface area contributed by atoms with Crippen LogP contribution in [-0.2, 0) is 0 Å². The van der Waals surface area contributed by atoms with E-state index < -0.39 is 0 Å². The van der Waals surface area contributed by atoms with Crippen LogP contribution < -0.4 is 5.32 Å². The molecule has 16 heavy (non-hydrogen) atoms. The fourth-order valence-corrected chi connectivity index (χ4v) is 1.92. The summed E-state index contributed by atoms with van der Waals surface area (Å²) >= 11 is 5.74. The van der Waals surface area contributed by atoms with Gasteiger partial charge in [0.2, 0.25) is 0 Å². The summed E-state index contributed by atoms with van der Waals surface area (Å²) in [4.78, 5) is 0. The van der Waals surface area contributed by atoms with Gasteiger partial charge < -0.3 is 5.32 Å². The fraction of sp³-hybridized carbons (Fsp3) is 0.538. The van der Waals surface area contributed by atoms with Gasteiger partial charge in [-0.1, -0.05) is 37.9 Å². The van der Waals surface area contributed by atoms with Crippen LogP contribution in [0.1, 0.15) is 44.7 Å². The molecule has 3 heteroatoms. The zero-order valence-corrected chi connectivity index (χ0v) is 10.6. The lowest BCUT2D eigenvalue weighted by Crippen LogP contribution is -2.22. The smallest absolute Gasteiger partial charge is 0.129 e. The lowest BCUT2D eigenvalue weighted by molar-refractivity contribution is 0.469. The first kappa shape index (κ1) is 13.5. The second-order valence-electron chi connectivity index (χ2n) is 3.96. The Kier molecular flexibility index (Phi) is 5.78. The number of benzene rings is 1. The van der Waals surface area contributed by atoms with Crippen molar-refractivity contribution in [2.45, 2.75) is 39.2 Å². The molecule has 0 radical (unpaired) electrons. The summed E-state index contributed by atoms with van der Waals surface area (Å²) in [6.45, 7) is 5.12. The van der Waals surface area contributed by atoms with Crippen LogP contribution in [0.25, 0.3) is 0 Å². The molecule has 1 N–H and O–H groups in total. The molecule has 1 aromatic carbocycles. The van der Waals surface area contributed by atoms with Crippen LogP contribution in [0, 0.1) is 5.82 Å². The van der Waals surface area contributed by atoms with Crippen molar-refractivity contribution in [1.29, 1.82) is 0 Å². The van der Waals surface area contributed by atoms with E-state index in [0.717, 1.165) is 31.4 Å². The van der Waals surface area contributed by atoms with Crippen molar-refractivity contribution >= 4 is 11.6 Å². The van der Waals surface area contributed by atoms with Crippen LogP contribution in [-0.4, -0.2) is 6.54 Å². The Labute approximate surface area is 102 Å². The van der Waals surface area contributed by atoms with Gasteiger partial charge in [0.15, 0.2) is 0 Å². The molecule has 0 amide bonds. The summed E-state index contributed by atoms with van der Waals surface area (Å²) in [6, 6.07) is 5.01. The summed E-state index contributed by atoms with van der Waals surface area (Å²) in [6.07, 6.45) is 3.03. The molecule has 0 aliphatic rings. The third kappa shape index (κ3) is 3.76. The predicted octanol–water partition coefficient (Wildman–Crippen LogP) is 4.32. The molecule has 1 unspecified atom stereocenters. The molecule has 0 aliphatic heterocycles. The number of halogens is 2. The average Bonchev–Trinajstić information content (AvgIpc) is 2.25. The lowest BCUT2D eigenvalue weighted by atomic mass is 10.0. The zero-order chi connectivity index (χ0) is 12.0. The Morgan fingerprint density at radius 2 is 2.06 bits per heavy atom. The van der Waals surface area contributed by atoms with Crippen LogP contribution in [0.2, 0.25) is 5.02 Å². The first-order valence-electron chi connectivity index (χ1n) is 5.87. The fourth-order valence-electron chi connectivity index (χ4n) is 1.76. The van der Waals surface area contributed by atoms with E-state index in [1.807, 2.05) is 0 Å². The van der Waals surface area contributed by atoms with Gasteiger partial charge in [-0.3, -0.25) is 0 Å². The van der Waals surface area contributed by atoms with Crippen molar-refractivity contribution in [3.63, 3.8) is 0 Å². The third-order valence-electron chi connectivity index (χ3n) is 2.56. The van der Waals surface area contributed by atoms with E-state index in [9.17, 15) is 4.39 Å². The highest BCUT2D eigenvalue weighted by Crippen LogP contribution is 2.24. The van der Waals surface area contributed by atoms with Gasteiger partial charge in [0.05, 0.1) is 0 Å². The minimum atomic E-state index is -0.213. The van der Waals surface area contributed by atoms with E-state index in [2.05, 4.69) is 19.2 Å². The molecule has 90 valence electrons. The molecule has 0 aliphatic carbocycles. The molecule has 1 nitrogen and oxygen atoms in total. The molecule has 1 aromatic rings. The third-order valence-corrected chi connectivity index (χ3v) is 2.79. The summed E-state index contributed by atoms with van der Waals surface area (Å²) < 4.78 is 13.7. The highest BCUT2D eigenvalue weighted by atomic mass is 35.5. The summed E-state index contributed by atoms with van der Waals surface area (Å²) in [7, 11) is 0. The van der Waals surface area contributed by atoms with E-state index >= 15 is 0 Å². The van der Waals surface area contributed by atoms with E-state index in [1.54, 1.807) is 12.1 Å². The minimum absolute atomic E-state index is 0.0993. The van der Waals surface area contributed by atoms with Crippen molar-refractivity contribution < 1.29 is 4.39 Å². The lowest BCUT2D eigenvalue weighted by Gasteiger charge is -2.19. The maximum absolute atomic E-state index is 13.7. The average molecular weight is 244 g/mol. The van der Waals surface area contributed by atoms with E-state index in [-0.39, 0.29) is 11.9 Å². The summed E-state index contributed by atoms with van der Waals surface area (Å²) in [5.41, 5.74) is 0.722. The van der Waals surface area contributed by atoms with Gasteiger partial charge in [-0.25, -0.2) is 4.39 Å². The zero-order valence-electron chi connectivity index (χ0n) is 9.89. The maximum atomic E-state index is 13.7. The minimum Gasteiger partial charge on any atom is -0.310 e. The first-order chi connectivity index (χ1) is 7.69. The molecule has 0 saturated heterocycles. The highest BCUT2D eigenvalue weighted by Gasteiger charge is 2.14. The molecule has 0 heterocycles. The van der Waals surface area contributed by atoms with Crippen LogP contribution in [0.4, 0.5) is 4.39 Å². The molecule has 0 spiro atoms. The Bertz CT molecular complexity index is 328. The SMILES string of the molecule is CCCNC(CCC)c1ccc(Cl)cc1F. The first-order valence-corrected chi connectivity index (χ1v) is 6.25. The number of hydrogen-bond donors (Lipinski definition) is 1. The molecular formula is C13H19ClFN. The normalized spacial score (nSPS) is 12.8. The van der Waals surface area contributed by atoms with Gasteiger partial charge in [-0.2, -0.15) is 0 Å². The molecule has 1 rings (SSSR count). The Morgan fingerprint density at radius 1 is 1.31 bits per heavy atom. The van der Waals surface area contributed by atoms with Crippen molar-refractivity contribution in [2.24, 2.45) is 0 Å². The van der Waals surface area contributed by atoms with E-state index in [4.69, 9.17) is 11.6 Å². The Balaban J connectivity index is 2.82. The van der Waals surface area contributed by atoms with Gasteiger partial charge in [0.25, 0.3) is 0 Å². The van der Waals surface area contributed by atoms with Gasteiger partial charge >= 0.3 is 0 Å². The van der Waals surface area contributed by atoms with Gasteiger partial charge in [-0.15, -0.1) is 0 Å². The van der Waals surface area contributed by atoms with Crippen molar-refractivity contribution in [3.8, 4) is 0 Å². The quantitative estimate of drug-likeness (QED) is 0.785. The number of hydrogen-bond acceptors (Lipinski definition) is 1. The largest absolute Gasteiger partial charge is 0.310 e. The summed E-state index contributed by atoms with van der Waals surface area (Å²) in [5, 5.41) is 3.81. The topological polar surface area (TPSA) is 12.0 Å². The van der Waals surface area contributed by atoms with E-state index in [0.29, 0.717) is 5.02 Å². The highest BCUT2D eigenvalue weighted by molar-refractivity contribution is 6.30. The second-order valence-corrected chi connectivity index (χ2v) is 4.40.